The molecule has 0 aliphatic rings. The van der Waals surface area contributed by atoms with Gasteiger partial charge >= 0.3 is 0 Å². The van der Waals surface area contributed by atoms with Crippen LogP contribution in [0.3, 0.4) is 0 Å². The SMILES string of the molecule is COc1ccc(/N=N/c2ccccn2)cc1. The second-order valence-electron chi connectivity index (χ2n) is 3.09. The number of benzene rings is 1. The van der Waals surface area contributed by atoms with E-state index in [4.69, 9.17) is 4.74 Å². The van der Waals surface area contributed by atoms with Gasteiger partial charge in [0.2, 0.25) is 0 Å². The Balaban J connectivity index is 2.12. The summed E-state index contributed by atoms with van der Waals surface area (Å²) in [7, 11) is 1.63. The fraction of sp³-hybridized carbons (Fsp3) is 0.0833. The third-order valence-electron chi connectivity index (χ3n) is 1.99. The molecule has 0 bridgehead atoms. The van der Waals surface area contributed by atoms with Crippen molar-refractivity contribution >= 4 is 11.5 Å². The maximum Gasteiger partial charge on any atom is 0.174 e. The Kier molecular flexibility index (Phi) is 3.23. The van der Waals surface area contributed by atoms with Crippen LogP contribution in [0.5, 0.6) is 5.75 Å². The molecular formula is C12H11N3O. The standard InChI is InChI=1S/C12H11N3O/c1-16-11-7-5-10(6-8-11)14-15-12-4-2-3-9-13-12/h2-9H,1H3/b15-14+. The van der Waals surface area contributed by atoms with Gasteiger partial charge in [0, 0.05) is 6.20 Å². The van der Waals surface area contributed by atoms with Crippen LogP contribution in [-0.2, 0) is 0 Å². The molecule has 0 amide bonds. The van der Waals surface area contributed by atoms with Gasteiger partial charge in [0.25, 0.3) is 0 Å². The fourth-order valence-corrected chi connectivity index (χ4v) is 1.17. The summed E-state index contributed by atoms with van der Waals surface area (Å²) in [6.07, 6.45) is 1.68. The number of nitrogens with zero attached hydrogens (tertiary/aromatic N) is 3. The van der Waals surface area contributed by atoms with Crippen molar-refractivity contribution in [1.29, 1.82) is 0 Å². The average molecular weight is 213 g/mol. The molecule has 80 valence electrons. The van der Waals surface area contributed by atoms with E-state index in [1.165, 1.54) is 0 Å². The zero-order valence-electron chi connectivity index (χ0n) is 8.87. The van der Waals surface area contributed by atoms with Crippen LogP contribution in [0.1, 0.15) is 0 Å². The van der Waals surface area contributed by atoms with Crippen LogP contribution in [0.4, 0.5) is 11.5 Å². The maximum absolute atomic E-state index is 5.05. The molecule has 0 N–H and O–H groups in total. The van der Waals surface area contributed by atoms with Crippen molar-refractivity contribution in [3.63, 3.8) is 0 Å². The third kappa shape index (κ3) is 2.63. The molecule has 0 aliphatic heterocycles. The maximum atomic E-state index is 5.05. The highest BCUT2D eigenvalue weighted by Crippen LogP contribution is 2.19. The van der Waals surface area contributed by atoms with Crippen molar-refractivity contribution in [2.75, 3.05) is 7.11 Å². The summed E-state index contributed by atoms with van der Waals surface area (Å²) >= 11 is 0. The topological polar surface area (TPSA) is 46.8 Å². The second kappa shape index (κ2) is 5.02. The molecule has 0 radical (unpaired) electrons. The Hall–Kier alpha value is -2.23. The number of aromatic nitrogens is 1. The average Bonchev–Trinajstić information content (AvgIpc) is 2.38. The highest BCUT2D eigenvalue weighted by Gasteiger charge is 1.92. The molecule has 4 heteroatoms. The van der Waals surface area contributed by atoms with E-state index in [2.05, 4.69) is 15.2 Å². The van der Waals surface area contributed by atoms with Gasteiger partial charge in [-0.15, -0.1) is 10.2 Å². The molecular weight excluding hydrogens is 202 g/mol. The Bertz CT molecular complexity index is 465. The summed E-state index contributed by atoms with van der Waals surface area (Å²) in [5.74, 6) is 1.40. The minimum atomic E-state index is 0.596. The van der Waals surface area contributed by atoms with E-state index in [1.54, 1.807) is 19.4 Å². The lowest BCUT2D eigenvalue weighted by atomic mass is 10.3. The van der Waals surface area contributed by atoms with Gasteiger partial charge < -0.3 is 4.74 Å². The molecule has 1 aromatic carbocycles. The van der Waals surface area contributed by atoms with E-state index in [0.717, 1.165) is 11.4 Å². The molecule has 0 saturated heterocycles. The first-order valence-electron chi connectivity index (χ1n) is 4.85. The van der Waals surface area contributed by atoms with E-state index in [1.807, 2.05) is 36.4 Å². The molecule has 0 spiro atoms. The molecule has 1 aromatic heterocycles. The molecule has 0 saturated carbocycles. The van der Waals surface area contributed by atoms with Crippen LogP contribution in [0, 0.1) is 0 Å². The van der Waals surface area contributed by atoms with E-state index in [-0.39, 0.29) is 0 Å². The van der Waals surface area contributed by atoms with Crippen LogP contribution in [-0.4, -0.2) is 12.1 Å². The van der Waals surface area contributed by atoms with E-state index in [9.17, 15) is 0 Å². The van der Waals surface area contributed by atoms with Gasteiger partial charge in [0.15, 0.2) is 5.82 Å². The zero-order valence-corrected chi connectivity index (χ0v) is 8.87. The van der Waals surface area contributed by atoms with E-state index < -0.39 is 0 Å². The van der Waals surface area contributed by atoms with Gasteiger partial charge in [-0.2, -0.15) is 0 Å². The Morgan fingerprint density at radius 3 is 2.44 bits per heavy atom. The number of ether oxygens (including phenoxy) is 1. The molecule has 0 fully saturated rings. The predicted molar refractivity (Wildman–Crippen MR) is 61.4 cm³/mol. The Labute approximate surface area is 93.6 Å². The van der Waals surface area contributed by atoms with Crippen molar-refractivity contribution in [2.24, 2.45) is 10.2 Å². The molecule has 16 heavy (non-hydrogen) atoms. The first kappa shape index (κ1) is 10.3. The van der Waals surface area contributed by atoms with Crippen molar-refractivity contribution in [2.45, 2.75) is 0 Å². The molecule has 0 unspecified atom stereocenters. The smallest absolute Gasteiger partial charge is 0.174 e. The first-order chi connectivity index (χ1) is 7.88. The summed E-state index contributed by atoms with van der Waals surface area (Å²) < 4.78 is 5.05. The lowest BCUT2D eigenvalue weighted by Gasteiger charge is -1.97. The highest BCUT2D eigenvalue weighted by atomic mass is 16.5. The largest absolute Gasteiger partial charge is 0.497 e. The van der Waals surface area contributed by atoms with Gasteiger partial charge in [-0.1, -0.05) is 6.07 Å². The van der Waals surface area contributed by atoms with Crippen molar-refractivity contribution in [3.05, 3.63) is 48.7 Å². The summed E-state index contributed by atoms with van der Waals surface area (Å²) in [6.45, 7) is 0. The van der Waals surface area contributed by atoms with Gasteiger partial charge in [0.05, 0.1) is 12.8 Å². The number of hydrogen-bond acceptors (Lipinski definition) is 4. The monoisotopic (exact) mass is 213 g/mol. The van der Waals surface area contributed by atoms with Gasteiger partial charge in [-0.25, -0.2) is 4.98 Å². The number of azo groups is 1. The van der Waals surface area contributed by atoms with E-state index in [0.29, 0.717) is 5.82 Å². The van der Waals surface area contributed by atoms with Crippen molar-refractivity contribution in [3.8, 4) is 5.75 Å². The Morgan fingerprint density at radius 2 is 1.81 bits per heavy atom. The molecule has 0 atom stereocenters. The molecule has 1 heterocycles. The molecule has 4 nitrogen and oxygen atoms in total. The zero-order chi connectivity index (χ0) is 11.2. The Morgan fingerprint density at radius 1 is 1.00 bits per heavy atom. The van der Waals surface area contributed by atoms with E-state index >= 15 is 0 Å². The highest BCUT2D eigenvalue weighted by molar-refractivity contribution is 5.41. The minimum Gasteiger partial charge on any atom is -0.497 e. The van der Waals surface area contributed by atoms with Crippen molar-refractivity contribution in [1.82, 2.24) is 4.98 Å². The van der Waals surface area contributed by atoms with Crippen LogP contribution < -0.4 is 4.74 Å². The number of pyridine rings is 1. The lowest BCUT2D eigenvalue weighted by Crippen LogP contribution is -1.79. The van der Waals surface area contributed by atoms with Crippen molar-refractivity contribution < 1.29 is 4.74 Å². The lowest BCUT2D eigenvalue weighted by molar-refractivity contribution is 0.415. The summed E-state index contributed by atoms with van der Waals surface area (Å²) in [5.41, 5.74) is 0.770. The summed E-state index contributed by atoms with van der Waals surface area (Å²) in [6, 6.07) is 12.9. The predicted octanol–water partition coefficient (Wildman–Crippen LogP) is 3.51. The minimum absolute atomic E-state index is 0.596. The first-order valence-corrected chi connectivity index (χ1v) is 4.85. The normalized spacial score (nSPS) is 10.6. The summed E-state index contributed by atoms with van der Waals surface area (Å²) in [5, 5.41) is 8.06. The van der Waals surface area contributed by atoms with Crippen LogP contribution in [0.25, 0.3) is 0 Å². The van der Waals surface area contributed by atoms with Crippen LogP contribution in [0.2, 0.25) is 0 Å². The molecule has 0 aliphatic carbocycles. The molecule has 2 aromatic rings. The van der Waals surface area contributed by atoms with Gasteiger partial charge in [0.1, 0.15) is 5.75 Å². The van der Waals surface area contributed by atoms with Gasteiger partial charge in [-0.05, 0) is 36.4 Å². The fourth-order valence-electron chi connectivity index (χ4n) is 1.17. The quantitative estimate of drug-likeness (QED) is 0.732. The number of rotatable bonds is 3. The number of methoxy groups -OCH3 is 1. The number of hydrogen-bond donors (Lipinski definition) is 0. The molecule has 2 rings (SSSR count). The van der Waals surface area contributed by atoms with Crippen LogP contribution >= 0.6 is 0 Å². The van der Waals surface area contributed by atoms with Crippen LogP contribution in [0.15, 0.2) is 58.9 Å². The second-order valence-corrected chi connectivity index (χ2v) is 3.09. The summed E-state index contributed by atoms with van der Waals surface area (Å²) in [4.78, 5) is 4.04. The third-order valence-corrected chi connectivity index (χ3v) is 1.99. The van der Waals surface area contributed by atoms with Gasteiger partial charge in [-0.3, -0.25) is 0 Å².